The smallest absolute Gasteiger partial charge is 0.123 e. The highest BCUT2D eigenvalue weighted by molar-refractivity contribution is 6.21. The van der Waals surface area contributed by atoms with Crippen LogP contribution in [0.3, 0.4) is 0 Å². The van der Waals surface area contributed by atoms with Crippen LogP contribution in [-0.2, 0) is 0 Å². The minimum absolute atomic E-state index is 0.0451. The van der Waals surface area contributed by atoms with Gasteiger partial charge in [-0.1, -0.05) is 25.7 Å². The normalized spacial score (nSPS) is 19.6. The first kappa shape index (κ1) is 13.9. The Morgan fingerprint density at radius 3 is 2.06 bits per heavy atom. The molecule has 0 aliphatic heterocycles. The minimum atomic E-state index is -0.154. The Labute approximate surface area is 115 Å². The number of benzene rings is 1. The fourth-order valence-electron chi connectivity index (χ4n) is 3.20. The van der Waals surface area contributed by atoms with Gasteiger partial charge < -0.3 is 0 Å². The fraction of sp³-hybridized carbons (Fsp3) is 0.625. The molecule has 2 heteroatoms. The van der Waals surface area contributed by atoms with Gasteiger partial charge >= 0.3 is 0 Å². The molecule has 1 aromatic rings. The summed E-state index contributed by atoms with van der Waals surface area (Å²) >= 11 is 6.70. The third-order valence-corrected chi connectivity index (χ3v) is 4.72. The molecule has 0 saturated heterocycles. The van der Waals surface area contributed by atoms with Crippen molar-refractivity contribution < 1.29 is 4.39 Å². The second kappa shape index (κ2) is 6.06. The molecule has 1 aromatic carbocycles. The van der Waals surface area contributed by atoms with Gasteiger partial charge in [0, 0.05) is 0 Å². The third kappa shape index (κ3) is 3.06. The van der Waals surface area contributed by atoms with Crippen molar-refractivity contribution in [2.24, 2.45) is 5.92 Å². The molecule has 1 atom stereocenters. The van der Waals surface area contributed by atoms with Gasteiger partial charge in [-0.05, 0) is 61.4 Å². The summed E-state index contributed by atoms with van der Waals surface area (Å²) in [5, 5.41) is 0.0451. The number of hydrogen-bond acceptors (Lipinski definition) is 0. The van der Waals surface area contributed by atoms with Crippen molar-refractivity contribution >= 4 is 11.6 Å². The van der Waals surface area contributed by atoms with E-state index in [1.807, 2.05) is 13.8 Å². The predicted octanol–water partition coefficient (Wildman–Crippen LogP) is 5.69. The van der Waals surface area contributed by atoms with Crippen LogP contribution in [0.25, 0.3) is 0 Å². The summed E-state index contributed by atoms with van der Waals surface area (Å²) in [5.41, 5.74) is 3.15. The lowest BCUT2D eigenvalue weighted by Crippen LogP contribution is -2.10. The van der Waals surface area contributed by atoms with Crippen molar-refractivity contribution in [3.05, 3.63) is 34.6 Å². The topological polar surface area (TPSA) is 0 Å². The van der Waals surface area contributed by atoms with E-state index in [1.54, 1.807) is 12.1 Å². The van der Waals surface area contributed by atoms with Crippen LogP contribution in [0.5, 0.6) is 0 Å². The van der Waals surface area contributed by atoms with Gasteiger partial charge in [0.1, 0.15) is 5.82 Å². The van der Waals surface area contributed by atoms with Gasteiger partial charge in [-0.15, -0.1) is 11.6 Å². The molecule has 1 aliphatic rings. The Hall–Kier alpha value is -0.560. The summed E-state index contributed by atoms with van der Waals surface area (Å²) in [6, 6.07) is 3.21. The molecule has 0 N–H and O–H groups in total. The number of aryl methyl sites for hydroxylation is 2. The molecule has 1 unspecified atom stereocenters. The highest BCUT2D eigenvalue weighted by atomic mass is 35.5. The Balaban J connectivity index is 2.24. The number of rotatable bonds is 2. The van der Waals surface area contributed by atoms with E-state index in [4.69, 9.17) is 11.6 Å². The van der Waals surface area contributed by atoms with Gasteiger partial charge in [-0.25, -0.2) is 4.39 Å². The molecule has 0 bridgehead atoms. The molecule has 18 heavy (non-hydrogen) atoms. The quantitative estimate of drug-likeness (QED) is 0.477. The molecule has 1 saturated carbocycles. The number of alkyl halides is 1. The van der Waals surface area contributed by atoms with Gasteiger partial charge in [0.15, 0.2) is 0 Å². The lowest BCUT2D eigenvalue weighted by Gasteiger charge is -2.24. The second-order valence-electron chi connectivity index (χ2n) is 5.61. The van der Waals surface area contributed by atoms with E-state index in [0.29, 0.717) is 5.92 Å². The van der Waals surface area contributed by atoms with Crippen molar-refractivity contribution in [1.29, 1.82) is 0 Å². The Morgan fingerprint density at radius 2 is 1.56 bits per heavy atom. The van der Waals surface area contributed by atoms with Crippen LogP contribution in [0.15, 0.2) is 12.1 Å². The Kier molecular flexibility index (Phi) is 4.66. The molecule has 1 aliphatic carbocycles. The maximum atomic E-state index is 13.3. The van der Waals surface area contributed by atoms with Crippen LogP contribution in [0.4, 0.5) is 4.39 Å². The molecule has 0 radical (unpaired) electrons. The fourth-order valence-corrected chi connectivity index (χ4v) is 3.79. The van der Waals surface area contributed by atoms with Crippen molar-refractivity contribution in [3.8, 4) is 0 Å². The van der Waals surface area contributed by atoms with Crippen LogP contribution in [0.1, 0.15) is 60.6 Å². The van der Waals surface area contributed by atoms with Crippen LogP contribution in [0, 0.1) is 25.6 Å². The predicted molar refractivity (Wildman–Crippen MR) is 75.7 cm³/mol. The second-order valence-corrected chi connectivity index (χ2v) is 6.08. The largest absolute Gasteiger partial charge is 0.207 e. The summed E-state index contributed by atoms with van der Waals surface area (Å²) in [4.78, 5) is 0. The van der Waals surface area contributed by atoms with Gasteiger partial charge in [-0.2, -0.15) is 0 Å². The van der Waals surface area contributed by atoms with E-state index < -0.39 is 0 Å². The van der Waals surface area contributed by atoms with Crippen LogP contribution in [-0.4, -0.2) is 0 Å². The van der Waals surface area contributed by atoms with Crippen LogP contribution in [0.2, 0.25) is 0 Å². The van der Waals surface area contributed by atoms with E-state index in [-0.39, 0.29) is 11.2 Å². The first-order chi connectivity index (χ1) is 8.59. The van der Waals surface area contributed by atoms with Crippen molar-refractivity contribution in [2.45, 2.75) is 57.7 Å². The number of halogens is 2. The summed E-state index contributed by atoms with van der Waals surface area (Å²) in [6.07, 6.45) is 7.66. The van der Waals surface area contributed by atoms with Gasteiger partial charge in [0.25, 0.3) is 0 Å². The maximum Gasteiger partial charge on any atom is 0.123 e. The average molecular weight is 269 g/mol. The van der Waals surface area contributed by atoms with E-state index in [9.17, 15) is 4.39 Å². The lowest BCUT2D eigenvalue weighted by molar-refractivity contribution is 0.443. The summed E-state index contributed by atoms with van der Waals surface area (Å²) in [5.74, 6) is 0.399. The van der Waals surface area contributed by atoms with Crippen molar-refractivity contribution in [2.75, 3.05) is 0 Å². The zero-order valence-corrected chi connectivity index (χ0v) is 12.1. The summed E-state index contributed by atoms with van der Waals surface area (Å²) in [6.45, 7) is 3.94. The molecule has 100 valence electrons. The summed E-state index contributed by atoms with van der Waals surface area (Å²) in [7, 11) is 0. The zero-order valence-electron chi connectivity index (χ0n) is 11.3. The van der Waals surface area contributed by atoms with Gasteiger partial charge in [-0.3, -0.25) is 0 Å². The van der Waals surface area contributed by atoms with Crippen LogP contribution < -0.4 is 0 Å². The molecule has 0 amide bonds. The maximum absolute atomic E-state index is 13.3. The molecular weight excluding hydrogens is 247 g/mol. The zero-order chi connectivity index (χ0) is 13.1. The molecule has 1 fully saturated rings. The van der Waals surface area contributed by atoms with Crippen LogP contribution >= 0.6 is 11.6 Å². The monoisotopic (exact) mass is 268 g/mol. The molecule has 0 spiro atoms. The molecule has 0 nitrogen and oxygen atoms in total. The van der Waals surface area contributed by atoms with Crippen molar-refractivity contribution in [1.82, 2.24) is 0 Å². The standard InChI is InChI=1S/C16H22ClF/c1-11-9-14(18)10-12(2)15(11)16(17)13-7-5-3-4-6-8-13/h9-10,13,16H,3-8H2,1-2H3. The van der Waals surface area contributed by atoms with E-state index in [0.717, 1.165) is 16.7 Å². The van der Waals surface area contributed by atoms with E-state index >= 15 is 0 Å². The Bertz CT molecular complexity index is 383. The average Bonchev–Trinajstić information content (AvgIpc) is 2.55. The molecule has 2 rings (SSSR count). The molecule has 0 aromatic heterocycles. The van der Waals surface area contributed by atoms with E-state index in [2.05, 4.69) is 0 Å². The van der Waals surface area contributed by atoms with Crippen molar-refractivity contribution in [3.63, 3.8) is 0 Å². The minimum Gasteiger partial charge on any atom is -0.207 e. The first-order valence-corrected chi connectivity index (χ1v) is 7.44. The molecular formula is C16H22ClF. The highest BCUT2D eigenvalue weighted by Crippen LogP contribution is 2.40. The SMILES string of the molecule is Cc1cc(F)cc(C)c1C(Cl)C1CCCCCC1. The van der Waals surface area contributed by atoms with Gasteiger partial charge in [0.05, 0.1) is 5.38 Å². The summed E-state index contributed by atoms with van der Waals surface area (Å²) < 4.78 is 13.3. The number of hydrogen-bond donors (Lipinski definition) is 0. The Morgan fingerprint density at radius 1 is 1.06 bits per heavy atom. The van der Waals surface area contributed by atoms with E-state index in [1.165, 1.54) is 38.5 Å². The lowest BCUT2D eigenvalue weighted by atomic mass is 9.87. The first-order valence-electron chi connectivity index (χ1n) is 7.00. The highest BCUT2D eigenvalue weighted by Gasteiger charge is 2.25. The van der Waals surface area contributed by atoms with Gasteiger partial charge in [0.2, 0.25) is 0 Å². The molecule has 0 heterocycles. The third-order valence-electron chi connectivity index (χ3n) is 4.15.